The summed E-state index contributed by atoms with van der Waals surface area (Å²) in [4.78, 5) is 12.1. The van der Waals surface area contributed by atoms with Gasteiger partial charge in [-0.15, -0.1) is 0 Å². The van der Waals surface area contributed by atoms with Gasteiger partial charge >= 0.3 is 0 Å². The summed E-state index contributed by atoms with van der Waals surface area (Å²) in [6, 6.07) is 10.4. The van der Waals surface area contributed by atoms with E-state index >= 15 is 0 Å². The molecule has 19 heavy (non-hydrogen) atoms. The van der Waals surface area contributed by atoms with Gasteiger partial charge in [0.15, 0.2) is 0 Å². The highest BCUT2D eigenvalue weighted by Crippen LogP contribution is 2.26. The highest BCUT2D eigenvalue weighted by molar-refractivity contribution is 5.79. The fourth-order valence-electron chi connectivity index (χ4n) is 2.05. The second kappa shape index (κ2) is 6.71. The Labute approximate surface area is 116 Å². The molecule has 0 aromatic heterocycles. The Hall–Kier alpha value is -1.35. The van der Waals surface area contributed by atoms with Crippen LogP contribution in [0.5, 0.6) is 0 Å². The predicted molar refractivity (Wildman–Crippen MR) is 80.2 cm³/mol. The Morgan fingerprint density at radius 3 is 2.32 bits per heavy atom. The molecule has 2 atom stereocenters. The summed E-state index contributed by atoms with van der Waals surface area (Å²) in [5.41, 5.74) is 1.15. The van der Waals surface area contributed by atoms with Crippen molar-refractivity contribution in [3.05, 3.63) is 35.9 Å². The zero-order valence-corrected chi connectivity index (χ0v) is 12.7. The number of hydrogen-bond acceptors (Lipinski definition) is 2. The average Bonchev–Trinajstić information content (AvgIpc) is 2.39. The van der Waals surface area contributed by atoms with E-state index in [0.717, 1.165) is 0 Å². The minimum atomic E-state index is -0.0870. The molecule has 0 fully saturated rings. The third kappa shape index (κ3) is 4.06. The zero-order chi connectivity index (χ0) is 14.5. The lowest BCUT2D eigenvalue weighted by molar-refractivity contribution is -0.125. The summed E-state index contributed by atoms with van der Waals surface area (Å²) in [5.74, 6) is 0.0879. The zero-order valence-electron chi connectivity index (χ0n) is 12.7. The first-order valence-electron chi connectivity index (χ1n) is 6.90. The van der Waals surface area contributed by atoms with Crippen LogP contribution in [0.25, 0.3) is 0 Å². The van der Waals surface area contributed by atoms with Crippen molar-refractivity contribution in [2.45, 2.75) is 39.2 Å². The Kier molecular flexibility index (Phi) is 5.55. The van der Waals surface area contributed by atoms with Crippen LogP contribution in [-0.4, -0.2) is 25.5 Å². The Morgan fingerprint density at radius 1 is 1.21 bits per heavy atom. The van der Waals surface area contributed by atoms with Gasteiger partial charge in [0, 0.05) is 23.9 Å². The maximum Gasteiger partial charge on any atom is 0.224 e. The van der Waals surface area contributed by atoms with E-state index in [1.165, 1.54) is 5.56 Å². The van der Waals surface area contributed by atoms with E-state index in [0.29, 0.717) is 6.54 Å². The van der Waals surface area contributed by atoms with E-state index in [2.05, 4.69) is 43.5 Å². The van der Waals surface area contributed by atoms with Gasteiger partial charge in [0.1, 0.15) is 0 Å². The van der Waals surface area contributed by atoms with Crippen LogP contribution in [0, 0.1) is 5.92 Å². The third-order valence-electron chi connectivity index (χ3n) is 3.92. The topological polar surface area (TPSA) is 41.1 Å². The number of nitrogens with one attached hydrogen (secondary N) is 2. The number of benzene rings is 1. The van der Waals surface area contributed by atoms with Gasteiger partial charge in [0.05, 0.1) is 0 Å². The molecule has 1 amide bonds. The van der Waals surface area contributed by atoms with Gasteiger partial charge in [-0.3, -0.25) is 4.79 Å². The predicted octanol–water partition coefficient (Wildman–Crippen LogP) is 2.32. The average molecular weight is 262 g/mol. The lowest BCUT2D eigenvalue weighted by Crippen LogP contribution is -2.48. The first-order valence-corrected chi connectivity index (χ1v) is 6.90. The Balaban J connectivity index is 2.72. The van der Waals surface area contributed by atoms with Gasteiger partial charge in [-0.05, 0) is 19.5 Å². The first-order chi connectivity index (χ1) is 8.89. The molecule has 0 saturated heterocycles. The van der Waals surface area contributed by atoms with E-state index in [1.807, 2.05) is 32.2 Å². The van der Waals surface area contributed by atoms with Gasteiger partial charge in [-0.2, -0.15) is 0 Å². The summed E-state index contributed by atoms with van der Waals surface area (Å²) >= 11 is 0. The molecule has 1 aromatic carbocycles. The van der Waals surface area contributed by atoms with Crippen molar-refractivity contribution in [3.63, 3.8) is 0 Å². The molecule has 3 nitrogen and oxygen atoms in total. The molecule has 106 valence electrons. The fraction of sp³-hybridized carbons (Fsp3) is 0.562. The molecule has 2 unspecified atom stereocenters. The van der Waals surface area contributed by atoms with Crippen molar-refractivity contribution in [2.75, 3.05) is 13.6 Å². The van der Waals surface area contributed by atoms with Crippen molar-refractivity contribution in [1.82, 2.24) is 10.6 Å². The van der Waals surface area contributed by atoms with Crippen LogP contribution in [0.4, 0.5) is 0 Å². The van der Waals surface area contributed by atoms with Crippen LogP contribution in [0.3, 0.4) is 0 Å². The molecule has 0 spiro atoms. The van der Waals surface area contributed by atoms with Gasteiger partial charge in [-0.25, -0.2) is 0 Å². The highest BCUT2D eigenvalue weighted by atomic mass is 16.1. The molecule has 0 aliphatic rings. The van der Waals surface area contributed by atoms with Gasteiger partial charge in [0.2, 0.25) is 5.91 Å². The number of carbonyl (C=O) groups is 1. The lowest BCUT2D eigenvalue weighted by atomic mass is 9.78. The van der Waals surface area contributed by atoms with Crippen LogP contribution >= 0.6 is 0 Å². The van der Waals surface area contributed by atoms with Crippen molar-refractivity contribution < 1.29 is 4.79 Å². The second-order valence-corrected chi connectivity index (χ2v) is 5.78. The Bertz CT molecular complexity index is 400. The normalized spacial score (nSPS) is 14.8. The third-order valence-corrected chi connectivity index (χ3v) is 3.92. The lowest BCUT2D eigenvalue weighted by Gasteiger charge is -2.33. The van der Waals surface area contributed by atoms with Crippen molar-refractivity contribution in [3.8, 4) is 0 Å². The number of rotatable bonds is 6. The molecule has 0 heterocycles. The van der Waals surface area contributed by atoms with E-state index in [4.69, 9.17) is 0 Å². The summed E-state index contributed by atoms with van der Waals surface area (Å²) in [6.07, 6.45) is 0. The van der Waals surface area contributed by atoms with E-state index in [9.17, 15) is 4.79 Å². The largest absolute Gasteiger partial charge is 0.353 e. The minimum Gasteiger partial charge on any atom is -0.353 e. The summed E-state index contributed by atoms with van der Waals surface area (Å²) < 4.78 is 0. The number of hydrogen-bond donors (Lipinski definition) is 2. The van der Waals surface area contributed by atoms with E-state index < -0.39 is 0 Å². The SMILES string of the molecule is CNCC(C)C(=O)NC(C)C(C)(C)c1ccccc1. The van der Waals surface area contributed by atoms with Crippen LogP contribution < -0.4 is 10.6 Å². The van der Waals surface area contributed by atoms with Crippen LogP contribution in [-0.2, 0) is 10.2 Å². The Morgan fingerprint density at radius 2 is 1.79 bits per heavy atom. The van der Waals surface area contributed by atoms with Crippen molar-refractivity contribution in [2.24, 2.45) is 5.92 Å². The number of amides is 1. The summed E-state index contributed by atoms with van der Waals surface area (Å²) in [7, 11) is 1.86. The molecule has 1 rings (SSSR count). The molecule has 0 aliphatic carbocycles. The quantitative estimate of drug-likeness (QED) is 0.826. The molecular formula is C16H26N2O. The van der Waals surface area contributed by atoms with Gasteiger partial charge < -0.3 is 10.6 Å². The molecular weight excluding hydrogens is 236 g/mol. The monoisotopic (exact) mass is 262 g/mol. The standard InChI is InChI=1S/C16H26N2O/c1-12(11-17-5)15(19)18-13(2)16(3,4)14-9-7-6-8-10-14/h6-10,12-13,17H,11H2,1-5H3,(H,18,19). The highest BCUT2D eigenvalue weighted by Gasteiger charge is 2.29. The maximum atomic E-state index is 12.1. The second-order valence-electron chi connectivity index (χ2n) is 5.78. The van der Waals surface area contributed by atoms with E-state index in [-0.39, 0.29) is 23.3 Å². The van der Waals surface area contributed by atoms with Gasteiger partial charge in [-0.1, -0.05) is 51.1 Å². The smallest absolute Gasteiger partial charge is 0.224 e. The van der Waals surface area contributed by atoms with Crippen LogP contribution in [0.15, 0.2) is 30.3 Å². The summed E-state index contributed by atoms with van der Waals surface area (Å²) in [6.45, 7) is 9.03. The fourth-order valence-corrected chi connectivity index (χ4v) is 2.05. The van der Waals surface area contributed by atoms with E-state index in [1.54, 1.807) is 0 Å². The number of carbonyl (C=O) groups excluding carboxylic acids is 1. The first kappa shape index (κ1) is 15.7. The summed E-state index contributed by atoms with van der Waals surface area (Å²) in [5, 5.41) is 6.16. The van der Waals surface area contributed by atoms with Crippen LogP contribution in [0.1, 0.15) is 33.3 Å². The molecule has 3 heteroatoms. The van der Waals surface area contributed by atoms with Crippen LogP contribution in [0.2, 0.25) is 0 Å². The van der Waals surface area contributed by atoms with Crippen molar-refractivity contribution >= 4 is 5.91 Å². The minimum absolute atomic E-state index is 0.0148. The molecule has 0 bridgehead atoms. The molecule has 2 N–H and O–H groups in total. The maximum absolute atomic E-state index is 12.1. The molecule has 1 aromatic rings. The molecule has 0 saturated carbocycles. The molecule has 0 radical (unpaired) electrons. The molecule has 0 aliphatic heterocycles. The van der Waals surface area contributed by atoms with Gasteiger partial charge in [0.25, 0.3) is 0 Å². The van der Waals surface area contributed by atoms with Crippen molar-refractivity contribution in [1.29, 1.82) is 0 Å².